The Kier molecular flexibility index (Phi) is 7.69. The molecule has 0 aliphatic rings. The Balaban J connectivity index is 1.89. The molecule has 0 saturated heterocycles. The Bertz CT molecular complexity index is 700. The maximum atomic E-state index is 5.72. The smallest absolute Gasteiger partial charge is 0.195 e. The van der Waals surface area contributed by atoms with Gasteiger partial charge in [0, 0.05) is 43.8 Å². The lowest BCUT2D eigenvalue weighted by atomic mass is 10.3. The van der Waals surface area contributed by atoms with Crippen molar-refractivity contribution in [3.63, 3.8) is 0 Å². The molecule has 0 saturated carbocycles. The van der Waals surface area contributed by atoms with Gasteiger partial charge in [-0.05, 0) is 26.0 Å². The zero-order valence-corrected chi connectivity index (χ0v) is 16.1. The number of thiazole rings is 1. The van der Waals surface area contributed by atoms with Crippen molar-refractivity contribution in [3.8, 4) is 5.75 Å². The Labute approximate surface area is 153 Å². The van der Waals surface area contributed by atoms with Gasteiger partial charge in [-0.3, -0.25) is 4.99 Å². The molecule has 0 aliphatic carbocycles. The summed E-state index contributed by atoms with van der Waals surface area (Å²) >= 11 is 1.70. The molecule has 0 unspecified atom stereocenters. The first-order chi connectivity index (χ1) is 12.1. The van der Waals surface area contributed by atoms with Crippen LogP contribution in [-0.2, 0) is 11.3 Å². The summed E-state index contributed by atoms with van der Waals surface area (Å²) in [5, 5.41) is 7.68. The maximum absolute atomic E-state index is 5.72. The number of rotatable bonds is 8. The van der Waals surface area contributed by atoms with Gasteiger partial charge in [0.25, 0.3) is 0 Å². The second kappa shape index (κ2) is 10.0. The van der Waals surface area contributed by atoms with Crippen LogP contribution in [-0.4, -0.2) is 38.3 Å². The zero-order valence-electron chi connectivity index (χ0n) is 15.3. The van der Waals surface area contributed by atoms with Gasteiger partial charge in [0.05, 0.1) is 23.9 Å². The highest BCUT2D eigenvalue weighted by molar-refractivity contribution is 7.11. The van der Waals surface area contributed by atoms with Gasteiger partial charge < -0.3 is 20.1 Å². The topological polar surface area (TPSA) is 67.8 Å². The second-order valence-corrected chi connectivity index (χ2v) is 6.80. The molecule has 0 amide bonds. The average Bonchev–Trinajstić information content (AvgIpc) is 2.93. The number of benzene rings is 1. The fourth-order valence-electron chi connectivity index (χ4n) is 2.27. The third-order valence-corrected chi connectivity index (χ3v) is 4.57. The van der Waals surface area contributed by atoms with Crippen LogP contribution in [0.25, 0.3) is 0 Å². The van der Waals surface area contributed by atoms with Crippen LogP contribution in [0.3, 0.4) is 0 Å². The molecule has 0 spiro atoms. The largest absolute Gasteiger partial charge is 0.493 e. The van der Waals surface area contributed by atoms with Crippen molar-refractivity contribution < 1.29 is 9.47 Å². The van der Waals surface area contributed by atoms with Crippen LogP contribution in [0.1, 0.15) is 22.0 Å². The van der Waals surface area contributed by atoms with Crippen LogP contribution in [0.5, 0.6) is 5.75 Å². The third kappa shape index (κ3) is 6.36. The number of hydrogen-bond donors (Lipinski definition) is 2. The number of aryl methyl sites for hydroxylation is 2. The van der Waals surface area contributed by atoms with Gasteiger partial charge in [-0.2, -0.15) is 0 Å². The summed E-state index contributed by atoms with van der Waals surface area (Å²) in [4.78, 5) is 9.94. The normalized spacial score (nSPS) is 11.4. The van der Waals surface area contributed by atoms with Gasteiger partial charge in [-0.15, -0.1) is 11.3 Å². The first-order valence-corrected chi connectivity index (χ1v) is 9.06. The summed E-state index contributed by atoms with van der Waals surface area (Å²) in [5.41, 5.74) is 1.99. The fraction of sp³-hybridized carbons (Fsp3) is 0.444. The molecule has 0 aliphatic heterocycles. The molecule has 7 heteroatoms. The summed E-state index contributed by atoms with van der Waals surface area (Å²) in [6.07, 6.45) is 0.866. The highest BCUT2D eigenvalue weighted by atomic mass is 32.1. The maximum Gasteiger partial charge on any atom is 0.195 e. The van der Waals surface area contributed by atoms with Crippen LogP contribution in [0.2, 0.25) is 0 Å². The monoisotopic (exact) mass is 362 g/mol. The van der Waals surface area contributed by atoms with Crippen molar-refractivity contribution in [1.82, 2.24) is 10.3 Å². The molecule has 136 valence electrons. The molecule has 0 atom stereocenters. The molecule has 2 aromatic rings. The molecule has 25 heavy (non-hydrogen) atoms. The molecule has 2 N–H and O–H groups in total. The predicted molar refractivity (Wildman–Crippen MR) is 104 cm³/mol. The van der Waals surface area contributed by atoms with Crippen molar-refractivity contribution in [2.75, 3.05) is 32.7 Å². The molecular formula is C18H26N4O2S. The number of hydrogen-bond acceptors (Lipinski definition) is 5. The highest BCUT2D eigenvalue weighted by Crippen LogP contribution is 2.18. The average molecular weight is 362 g/mol. The molecule has 0 radical (unpaired) electrons. The fourth-order valence-corrected chi connectivity index (χ4v) is 3.15. The van der Waals surface area contributed by atoms with Gasteiger partial charge in [0.2, 0.25) is 0 Å². The van der Waals surface area contributed by atoms with Gasteiger partial charge in [-0.25, -0.2) is 4.98 Å². The molecule has 0 bridgehead atoms. The van der Waals surface area contributed by atoms with Gasteiger partial charge in [0.15, 0.2) is 5.96 Å². The standard InChI is InChI=1S/C18H26N4O2S/c1-13-17(25-14(2)21-13)12-20-18(19-3)22-15-7-5-8-16(11-15)24-10-6-9-23-4/h5,7-8,11H,6,9-10,12H2,1-4H3,(H2,19,20,22). The first kappa shape index (κ1) is 19.2. The van der Waals surface area contributed by atoms with E-state index in [2.05, 4.69) is 20.6 Å². The van der Waals surface area contributed by atoms with E-state index in [9.17, 15) is 0 Å². The summed E-state index contributed by atoms with van der Waals surface area (Å²) in [6.45, 7) is 6.08. The highest BCUT2D eigenvalue weighted by Gasteiger charge is 2.06. The summed E-state index contributed by atoms with van der Waals surface area (Å²) in [6, 6.07) is 7.84. The van der Waals surface area contributed by atoms with Crippen LogP contribution < -0.4 is 15.4 Å². The van der Waals surface area contributed by atoms with Crippen molar-refractivity contribution in [1.29, 1.82) is 0 Å². The van der Waals surface area contributed by atoms with E-state index in [1.54, 1.807) is 25.5 Å². The Morgan fingerprint density at radius 1 is 1.28 bits per heavy atom. The third-order valence-electron chi connectivity index (χ3n) is 3.50. The minimum Gasteiger partial charge on any atom is -0.493 e. The van der Waals surface area contributed by atoms with E-state index in [1.807, 2.05) is 38.1 Å². The van der Waals surface area contributed by atoms with E-state index < -0.39 is 0 Å². The number of ether oxygens (including phenoxy) is 2. The molecule has 6 nitrogen and oxygen atoms in total. The minimum atomic E-state index is 0.633. The molecule has 1 heterocycles. The SMILES string of the molecule is CN=C(NCc1sc(C)nc1C)Nc1cccc(OCCCOC)c1. The van der Waals surface area contributed by atoms with Gasteiger partial charge in [0.1, 0.15) is 5.75 Å². The van der Waals surface area contributed by atoms with Gasteiger partial charge in [-0.1, -0.05) is 6.07 Å². The summed E-state index contributed by atoms with van der Waals surface area (Å²) in [5.74, 6) is 1.53. The summed E-state index contributed by atoms with van der Waals surface area (Å²) in [7, 11) is 3.45. The minimum absolute atomic E-state index is 0.633. The molecular weight excluding hydrogens is 336 g/mol. The molecule has 0 fully saturated rings. The molecule has 2 rings (SSSR count). The Hall–Kier alpha value is -2.12. The van der Waals surface area contributed by atoms with Crippen molar-refractivity contribution in [2.45, 2.75) is 26.8 Å². The van der Waals surface area contributed by atoms with Crippen molar-refractivity contribution in [2.24, 2.45) is 4.99 Å². The van der Waals surface area contributed by atoms with Crippen molar-refractivity contribution in [3.05, 3.63) is 39.8 Å². The number of aliphatic imine (C=N–C) groups is 1. The van der Waals surface area contributed by atoms with E-state index >= 15 is 0 Å². The zero-order chi connectivity index (χ0) is 18.1. The first-order valence-electron chi connectivity index (χ1n) is 8.24. The number of nitrogens with zero attached hydrogens (tertiary/aromatic N) is 2. The quantitative estimate of drug-likeness (QED) is 0.428. The summed E-state index contributed by atoms with van der Waals surface area (Å²) < 4.78 is 10.7. The number of nitrogens with one attached hydrogen (secondary N) is 2. The lowest BCUT2D eigenvalue weighted by Crippen LogP contribution is -2.30. The van der Waals surface area contributed by atoms with Crippen LogP contribution >= 0.6 is 11.3 Å². The van der Waals surface area contributed by atoms with Crippen LogP contribution in [0, 0.1) is 13.8 Å². The number of aromatic nitrogens is 1. The van der Waals surface area contributed by atoms with E-state index in [4.69, 9.17) is 9.47 Å². The lowest BCUT2D eigenvalue weighted by Gasteiger charge is -2.13. The lowest BCUT2D eigenvalue weighted by molar-refractivity contribution is 0.172. The van der Waals surface area contributed by atoms with E-state index in [1.165, 1.54) is 4.88 Å². The van der Waals surface area contributed by atoms with Crippen LogP contribution in [0.15, 0.2) is 29.3 Å². The number of anilines is 1. The molecule has 1 aromatic heterocycles. The van der Waals surface area contributed by atoms with E-state index in [0.717, 1.165) is 28.6 Å². The predicted octanol–water partition coefficient (Wildman–Crippen LogP) is 3.36. The van der Waals surface area contributed by atoms with E-state index in [0.29, 0.717) is 25.7 Å². The van der Waals surface area contributed by atoms with Crippen LogP contribution in [0.4, 0.5) is 5.69 Å². The number of guanidine groups is 1. The molecule has 1 aromatic carbocycles. The number of methoxy groups -OCH3 is 1. The Morgan fingerprint density at radius 2 is 2.12 bits per heavy atom. The second-order valence-electron chi connectivity index (χ2n) is 5.51. The van der Waals surface area contributed by atoms with Crippen molar-refractivity contribution >= 4 is 23.0 Å². The van der Waals surface area contributed by atoms with E-state index in [-0.39, 0.29) is 0 Å². The van der Waals surface area contributed by atoms with Gasteiger partial charge >= 0.3 is 0 Å². The Morgan fingerprint density at radius 3 is 2.80 bits per heavy atom.